The largest absolute Gasteiger partial charge is 0.457 e. The van der Waals surface area contributed by atoms with Crippen molar-refractivity contribution in [3.63, 3.8) is 0 Å². The molecule has 0 aliphatic carbocycles. The highest BCUT2D eigenvalue weighted by molar-refractivity contribution is 5.77. The normalized spacial score (nSPS) is 11.7. The van der Waals surface area contributed by atoms with E-state index in [9.17, 15) is 5.26 Å². The predicted octanol–water partition coefficient (Wildman–Crippen LogP) is 14.7. The number of nitrogens with zero attached hydrogens (tertiary/aromatic N) is 4. The standard InChI is InChI=1S/C60H40N4O/c61-39-40-13-11-20-45(33-40)46-21-12-22-47(34-46)49-30-32-53-36-51-19-8-10-24-55(51)54-23-9-7-18-50(54)35-52-31-29-48(37-56(52)65-57(53)38-49)41-25-27-44(28-26-41)60-63-58(42-14-3-1-4-15-42)62-59(64-60)43-16-5-2-6-17-43/h1-34,37-38H,35-36H2. The fourth-order valence-electron chi connectivity index (χ4n) is 8.75. The van der Waals surface area contributed by atoms with E-state index < -0.39 is 0 Å². The SMILES string of the molecule is N#Cc1cccc(-c2cccc(-c3ccc4c(c3)Oc3cc(-c5ccc(-c6nc(-c7ccccc7)nc(-c7ccccc7)n6)cc5)ccc3Cc3ccccc3-c3ccccc3C4)c2)c1. The minimum atomic E-state index is 0.613. The van der Waals surface area contributed by atoms with Crippen LogP contribution in [0.2, 0.25) is 0 Å². The molecule has 0 N–H and O–H groups in total. The molecule has 1 aromatic heterocycles. The molecule has 2 heterocycles. The number of hydrogen-bond donors (Lipinski definition) is 0. The maximum atomic E-state index is 9.58. The van der Waals surface area contributed by atoms with Gasteiger partial charge >= 0.3 is 0 Å². The van der Waals surface area contributed by atoms with Crippen LogP contribution in [0.4, 0.5) is 0 Å². The van der Waals surface area contributed by atoms with Crippen molar-refractivity contribution in [1.82, 2.24) is 15.0 Å². The number of nitriles is 1. The Hall–Kier alpha value is -8.72. The van der Waals surface area contributed by atoms with E-state index >= 15 is 0 Å². The molecular formula is C60H40N4O. The molecule has 65 heavy (non-hydrogen) atoms. The van der Waals surface area contributed by atoms with Crippen LogP contribution in [0.25, 0.3) is 78.7 Å². The first-order valence-electron chi connectivity index (χ1n) is 21.8. The van der Waals surface area contributed by atoms with E-state index in [1.165, 1.54) is 22.3 Å². The quantitative estimate of drug-likeness (QED) is 0.167. The van der Waals surface area contributed by atoms with Crippen LogP contribution in [0.3, 0.4) is 0 Å². The molecule has 5 nitrogen and oxygen atoms in total. The molecule has 0 saturated heterocycles. The van der Waals surface area contributed by atoms with Gasteiger partial charge < -0.3 is 4.74 Å². The Labute approximate surface area is 378 Å². The lowest BCUT2D eigenvalue weighted by Crippen LogP contribution is -2.00. The number of ether oxygens (including phenoxy) is 1. The number of aromatic nitrogens is 3. The number of hydrogen-bond acceptors (Lipinski definition) is 5. The smallest absolute Gasteiger partial charge is 0.164 e. The second-order valence-electron chi connectivity index (χ2n) is 16.3. The lowest BCUT2D eigenvalue weighted by Gasteiger charge is -2.17. The lowest BCUT2D eigenvalue weighted by molar-refractivity contribution is 0.473. The summed E-state index contributed by atoms with van der Waals surface area (Å²) < 4.78 is 7.21. The van der Waals surface area contributed by atoms with Gasteiger partial charge in [0.25, 0.3) is 0 Å². The average Bonchev–Trinajstić information content (AvgIpc) is 3.40. The molecule has 11 rings (SSSR count). The van der Waals surface area contributed by atoms with Gasteiger partial charge in [-0.3, -0.25) is 0 Å². The van der Waals surface area contributed by atoms with Crippen molar-refractivity contribution in [3.8, 4) is 96.2 Å². The van der Waals surface area contributed by atoms with Crippen molar-refractivity contribution in [2.75, 3.05) is 0 Å². The monoisotopic (exact) mass is 832 g/mol. The van der Waals surface area contributed by atoms with Crippen LogP contribution in [0.15, 0.2) is 218 Å². The maximum Gasteiger partial charge on any atom is 0.164 e. The van der Waals surface area contributed by atoms with Crippen molar-refractivity contribution < 1.29 is 4.74 Å². The van der Waals surface area contributed by atoms with Crippen molar-refractivity contribution in [2.45, 2.75) is 12.8 Å². The third kappa shape index (κ3) is 8.09. The summed E-state index contributed by atoms with van der Waals surface area (Å²) >= 11 is 0. The lowest BCUT2D eigenvalue weighted by atomic mass is 9.89. The van der Waals surface area contributed by atoms with Gasteiger partial charge in [-0.2, -0.15) is 5.26 Å². The Kier molecular flexibility index (Phi) is 10.4. The summed E-state index contributed by atoms with van der Waals surface area (Å²) in [6.07, 6.45) is 1.40. The van der Waals surface area contributed by atoms with Gasteiger partial charge in [0.15, 0.2) is 17.5 Å². The van der Waals surface area contributed by atoms with Gasteiger partial charge in [0.05, 0.1) is 11.6 Å². The Balaban J connectivity index is 0.997. The molecule has 9 aromatic carbocycles. The van der Waals surface area contributed by atoms with Crippen LogP contribution < -0.4 is 4.74 Å². The number of fused-ring (bicyclic) bond motifs is 5. The van der Waals surface area contributed by atoms with E-state index in [-0.39, 0.29) is 0 Å². The van der Waals surface area contributed by atoms with Gasteiger partial charge in [0, 0.05) is 29.5 Å². The summed E-state index contributed by atoms with van der Waals surface area (Å²) in [7, 11) is 0. The van der Waals surface area contributed by atoms with Crippen LogP contribution >= 0.6 is 0 Å². The van der Waals surface area contributed by atoms with Crippen LogP contribution in [-0.2, 0) is 12.8 Å². The van der Waals surface area contributed by atoms with E-state index in [0.717, 1.165) is 72.7 Å². The van der Waals surface area contributed by atoms with Crippen LogP contribution in [-0.4, -0.2) is 15.0 Å². The molecule has 306 valence electrons. The van der Waals surface area contributed by atoms with Crippen LogP contribution in [0, 0.1) is 11.3 Å². The molecule has 10 aromatic rings. The van der Waals surface area contributed by atoms with Gasteiger partial charge in [-0.25, -0.2) is 15.0 Å². The zero-order chi connectivity index (χ0) is 43.5. The predicted molar refractivity (Wildman–Crippen MR) is 261 cm³/mol. The van der Waals surface area contributed by atoms with Gasteiger partial charge in [-0.15, -0.1) is 0 Å². The third-order valence-electron chi connectivity index (χ3n) is 12.1. The fourth-order valence-corrected chi connectivity index (χ4v) is 8.75. The first-order chi connectivity index (χ1) is 32.1. The minimum Gasteiger partial charge on any atom is -0.457 e. The average molecular weight is 833 g/mol. The molecule has 1 aliphatic rings. The van der Waals surface area contributed by atoms with Gasteiger partial charge in [0.1, 0.15) is 11.5 Å². The van der Waals surface area contributed by atoms with Gasteiger partial charge in [0.2, 0.25) is 0 Å². The summed E-state index contributed by atoms with van der Waals surface area (Å²) in [5.41, 5.74) is 16.8. The van der Waals surface area contributed by atoms with E-state index in [4.69, 9.17) is 19.7 Å². The van der Waals surface area contributed by atoms with Gasteiger partial charge in [-0.1, -0.05) is 188 Å². The maximum absolute atomic E-state index is 9.58. The zero-order valence-electron chi connectivity index (χ0n) is 35.4. The van der Waals surface area contributed by atoms with Crippen LogP contribution in [0.5, 0.6) is 11.5 Å². The Morgan fingerprint density at radius 3 is 1.23 bits per heavy atom. The van der Waals surface area contributed by atoms with Crippen molar-refractivity contribution in [1.29, 1.82) is 5.26 Å². The molecular weight excluding hydrogens is 793 g/mol. The van der Waals surface area contributed by atoms with E-state index in [2.05, 4.69) is 140 Å². The minimum absolute atomic E-state index is 0.613. The first-order valence-corrected chi connectivity index (χ1v) is 21.8. The summed E-state index contributed by atoms with van der Waals surface area (Å²) in [6, 6.07) is 77.7. The summed E-state index contributed by atoms with van der Waals surface area (Å²) in [5.74, 6) is 3.50. The molecule has 0 spiro atoms. The Bertz CT molecular complexity index is 3350. The Morgan fingerprint density at radius 2 is 0.708 bits per heavy atom. The van der Waals surface area contributed by atoms with E-state index in [1.807, 2.05) is 84.9 Å². The van der Waals surface area contributed by atoms with Gasteiger partial charge in [-0.05, 0) is 97.1 Å². The highest BCUT2D eigenvalue weighted by atomic mass is 16.5. The zero-order valence-corrected chi connectivity index (χ0v) is 35.4. The van der Waals surface area contributed by atoms with Crippen LogP contribution in [0.1, 0.15) is 27.8 Å². The number of benzene rings is 9. The Morgan fingerprint density at radius 1 is 0.323 bits per heavy atom. The molecule has 0 amide bonds. The molecule has 0 radical (unpaired) electrons. The van der Waals surface area contributed by atoms with Crippen molar-refractivity contribution in [2.24, 2.45) is 0 Å². The second-order valence-corrected chi connectivity index (χ2v) is 16.3. The molecule has 0 unspecified atom stereocenters. The summed E-state index contributed by atoms with van der Waals surface area (Å²) in [5, 5.41) is 9.58. The fraction of sp³-hybridized carbons (Fsp3) is 0.0333. The highest BCUT2D eigenvalue weighted by Gasteiger charge is 2.20. The molecule has 0 fully saturated rings. The van der Waals surface area contributed by atoms with Crippen molar-refractivity contribution >= 4 is 0 Å². The highest BCUT2D eigenvalue weighted by Crippen LogP contribution is 2.41. The van der Waals surface area contributed by atoms with Crippen molar-refractivity contribution in [3.05, 3.63) is 246 Å². The molecule has 0 bridgehead atoms. The number of rotatable bonds is 6. The molecule has 0 saturated carbocycles. The topological polar surface area (TPSA) is 71.7 Å². The molecule has 5 heteroatoms. The third-order valence-corrected chi connectivity index (χ3v) is 12.1. The molecule has 1 aliphatic heterocycles. The summed E-state index contributed by atoms with van der Waals surface area (Å²) in [6.45, 7) is 0. The second kappa shape index (κ2) is 17.2. The molecule has 0 atom stereocenters. The van der Waals surface area contributed by atoms with E-state index in [1.54, 1.807) is 0 Å². The summed E-state index contributed by atoms with van der Waals surface area (Å²) in [4.78, 5) is 14.8. The first kappa shape index (κ1) is 39.1. The van der Waals surface area contributed by atoms with E-state index in [0.29, 0.717) is 35.9 Å².